The molecule has 21 heavy (non-hydrogen) atoms. The van der Waals surface area contributed by atoms with Crippen molar-refractivity contribution in [2.75, 3.05) is 5.32 Å². The summed E-state index contributed by atoms with van der Waals surface area (Å²) in [5.41, 5.74) is 1.88. The van der Waals surface area contributed by atoms with Gasteiger partial charge in [0, 0.05) is 29.2 Å². The summed E-state index contributed by atoms with van der Waals surface area (Å²) in [4.78, 5) is 12.2. The maximum atomic E-state index is 12.2. The van der Waals surface area contributed by atoms with Crippen LogP contribution in [0.1, 0.15) is 37.7 Å². The number of piperidine rings is 1. The zero-order valence-electron chi connectivity index (χ0n) is 12.2. The lowest BCUT2D eigenvalue weighted by atomic mass is 9.89. The molecule has 2 fully saturated rings. The third kappa shape index (κ3) is 4.12. The van der Waals surface area contributed by atoms with Gasteiger partial charge in [-0.2, -0.15) is 0 Å². The maximum absolute atomic E-state index is 12.2. The Morgan fingerprint density at radius 2 is 2.00 bits per heavy atom. The summed E-state index contributed by atoms with van der Waals surface area (Å²) < 4.78 is 0. The second-order valence-corrected chi connectivity index (χ2v) is 6.62. The summed E-state index contributed by atoms with van der Waals surface area (Å²) in [6, 6.07) is 6.85. The second-order valence-electron chi connectivity index (χ2n) is 6.19. The van der Waals surface area contributed by atoms with Crippen molar-refractivity contribution in [3.8, 4) is 0 Å². The molecule has 0 aliphatic carbocycles. The van der Waals surface area contributed by atoms with Crippen molar-refractivity contribution in [2.24, 2.45) is 5.92 Å². The molecule has 1 aromatic rings. The Balaban J connectivity index is 0.00000161. The van der Waals surface area contributed by atoms with Gasteiger partial charge in [0.2, 0.25) is 5.91 Å². The van der Waals surface area contributed by atoms with Crippen LogP contribution >= 0.6 is 24.0 Å². The predicted octanol–water partition coefficient (Wildman–Crippen LogP) is 3.93. The van der Waals surface area contributed by atoms with E-state index in [1.54, 1.807) is 0 Å². The number of hydrogen-bond acceptors (Lipinski definition) is 2. The number of carbonyl (C=O) groups excluding carboxylic acids is 1. The minimum atomic E-state index is 0. The molecule has 1 amide bonds. The molecule has 0 radical (unpaired) electrons. The number of aryl methyl sites for hydroxylation is 1. The normalized spacial score (nSPS) is 27.0. The van der Waals surface area contributed by atoms with E-state index in [1.807, 2.05) is 25.1 Å². The molecule has 2 heterocycles. The van der Waals surface area contributed by atoms with Crippen molar-refractivity contribution in [3.63, 3.8) is 0 Å². The van der Waals surface area contributed by atoms with Crippen LogP contribution in [-0.4, -0.2) is 18.0 Å². The molecule has 2 atom stereocenters. The van der Waals surface area contributed by atoms with Crippen molar-refractivity contribution < 1.29 is 4.79 Å². The van der Waals surface area contributed by atoms with E-state index >= 15 is 0 Å². The summed E-state index contributed by atoms with van der Waals surface area (Å²) in [5.74, 6) is 0.656. The highest BCUT2D eigenvalue weighted by Crippen LogP contribution is 2.33. The molecule has 3 nitrogen and oxygen atoms in total. The highest BCUT2D eigenvalue weighted by atomic mass is 35.5. The van der Waals surface area contributed by atoms with Gasteiger partial charge in [-0.25, -0.2) is 0 Å². The van der Waals surface area contributed by atoms with Crippen LogP contribution in [0.5, 0.6) is 0 Å². The number of benzene rings is 1. The van der Waals surface area contributed by atoms with Crippen LogP contribution in [0.25, 0.3) is 0 Å². The lowest BCUT2D eigenvalue weighted by Crippen LogP contribution is -2.39. The average molecular weight is 329 g/mol. The zero-order valence-corrected chi connectivity index (χ0v) is 13.8. The van der Waals surface area contributed by atoms with Crippen LogP contribution in [0.4, 0.5) is 5.69 Å². The van der Waals surface area contributed by atoms with E-state index in [9.17, 15) is 4.79 Å². The molecule has 1 aromatic carbocycles. The Hall–Kier alpha value is -0.770. The van der Waals surface area contributed by atoms with Gasteiger partial charge in [-0.3, -0.25) is 4.79 Å². The van der Waals surface area contributed by atoms with Crippen molar-refractivity contribution in [1.29, 1.82) is 0 Å². The van der Waals surface area contributed by atoms with Gasteiger partial charge in [0.05, 0.1) is 0 Å². The van der Waals surface area contributed by atoms with Gasteiger partial charge in [-0.05, 0) is 62.3 Å². The smallest absolute Gasteiger partial charge is 0.224 e. The third-order valence-electron chi connectivity index (χ3n) is 4.51. The number of amides is 1. The minimum Gasteiger partial charge on any atom is -0.326 e. The molecule has 5 heteroatoms. The fraction of sp³-hybridized carbons (Fsp3) is 0.562. The summed E-state index contributed by atoms with van der Waals surface area (Å²) >= 11 is 5.93. The van der Waals surface area contributed by atoms with Crippen LogP contribution in [0.15, 0.2) is 18.2 Å². The first-order chi connectivity index (χ1) is 9.60. The fourth-order valence-corrected chi connectivity index (χ4v) is 3.80. The van der Waals surface area contributed by atoms with Crippen LogP contribution in [-0.2, 0) is 4.79 Å². The first-order valence-electron chi connectivity index (χ1n) is 7.42. The lowest BCUT2D eigenvalue weighted by Gasteiger charge is -2.28. The SMILES string of the molecule is Cc1cc(Cl)ccc1NC(=O)CC1CC2CCC(C1)N2.Cl. The van der Waals surface area contributed by atoms with E-state index < -0.39 is 0 Å². The van der Waals surface area contributed by atoms with Crippen molar-refractivity contribution in [2.45, 2.75) is 51.1 Å². The van der Waals surface area contributed by atoms with Crippen LogP contribution in [0, 0.1) is 12.8 Å². The Kier molecular flexibility index (Phi) is 5.53. The van der Waals surface area contributed by atoms with E-state index in [0.717, 1.165) is 24.1 Å². The van der Waals surface area contributed by atoms with Crippen LogP contribution < -0.4 is 10.6 Å². The minimum absolute atomic E-state index is 0. The highest BCUT2D eigenvalue weighted by molar-refractivity contribution is 6.30. The van der Waals surface area contributed by atoms with E-state index in [-0.39, 0.29) is 18.3 Å². The molecule has 2 unspecified atom stereocenters. The van der Waals surface area contributed by atoms with E-state index in [1.165, 1.54) is 12.8 Å². The summed E-state index contributed by atoms with van der Waals surface area (Å²) in [6.45, 7) is 1.96. The maximum Gasteiger partial charge on any atom is 0.224 e. The van der Waals surface area contributed by atoms with Crippen molar-refractivity contribution >= 4 is 35.6 Å². The van der Waals surface area contributed by atoms with Gasteiger partial charge in [-0.1, -0.05) is 11.6 Å². The molecule has 2 bridgehead atoms. The van der Waals surface area contributed by atoms with E-state index in [4.69, 9.17) is 11.6 Å². The third-order valence-corrected chi connectivity index (χ3v) is 4.74. The summed E-state index contributed by atoms with van der Waals surface area (Å²) in [7, 11) is 0. The van der Waals surface area contributed by atoms with Crippen molar-refractivity contribution in [1.82, 2.24) is 5.32 Å². The predicted molar refractivity (Wildman–Crippen MR) is 89.4 cm³/mol. The quantitative estimate of drug-likeness (QED) is 0.882. The van der Waals surface area contributed by atoms with Gasteiger partial charge in [0.25, 0.3) is 0 Å². The van der Waals surface area contributed by atoms with E-state index in [0.29, 0.717) is 29.4 Å². The molecule has 2 aliphatic heterocycles. The van der Waals surface area contributed by atoms with Gasteiger partial charge < -0.3 is 10.6 Å². The van der Waals surface area contributed by atoms with Crippen molar-refractivity contribution in [3.05, 3.63) is 28.8 Å². The number of anilines is 1. The summed E-state index contributed by atoms with van der Waals surface area (Å²) in [5, 5.41) is 7.33. The molecule has 2 saturated heterocycles. The Morgan fingerprint density at radius 3 is 2.62 bits per heavy atom. The van der Waals surface area contributed by atoms with Gasteiger partial charge in [0.1, 0.15) is 0 Å². The van der Waals surface area contributed by atoms with Gasteiger partial charge in [-0.15, -0.1) is 12.4 Å². The molecule has 116 valence electrons. The fourth-order valence-electron chi connectivity index (χ4n) is 3.57. The van der Waals surface area contributed by atoms with E-state index in [2.05, 4.69) is 10.6 Å². The molecule has 2 aliphatic rings. The topological polar surface area (TPSA) is 41.1 Å². The number of hydrogen-bond donors (Lipinski definition) is 2. The average Bonchev–Trinajstić information content (AvgIpc) is 2.72. The Morgan fingerprint density at radius 1 is 1.33 bits per heavy atom. The number of halogens is 2. The standard InChI is InChI=1S/C16H21ClN2O.ClH/c1-10-6-12(17)2-5-15(10)19-16(20)9-11-7-13-3-4-14(8-11)18-13;/h2,5-6,11,13-14,18H,3-4,7-9H2,1H3,(H,19,20);1H. The molecule has 3 rings (SSSR count). The monoisotopic (exact) mass is 328 g/mol. The molecule has 2 N–H and O–H groups in total. The molecule has 0 saturated carbocycles. The molecular weight excluding hydrogens is 307 g/mol. The molecule has 0 aromatic heterocycles. The lowest BCUT2D eigenvalue weighted by molar-refractivity contribution is -0.117. The second kappa shape index (κ2) is 6.99. The van der Waals surface area contributed by atoms with Crippen LogP contribution in [0.3, 0.4) is 0 Å². The number of carbonyl (C=O) groups is 1. The Labute approximate surface area is 137 Å². The Bertz CT molecular complexity index is 509. The highest BCUT2D eigenvalue weighted by Gasteiger charge is 2.34. The number of nitrogens with one attached hydrogen (secondary N) is 2. The van der Waals surface area contributed by atoms with Gasteiger partial charge >= 0.3 is 0 Å². The molecular formula is C16H22Cl2N2O. The largest absolute Gasteiger partial charge is 0.326 e. The number of fused-ring (bicyclic) bond motifs is 2. The first-order valence-corrected chi connectivity index (χ1v) is 7.80. The van der Waals surface area contributed by atoms with Gasteiger partial charge in [0.15, 0.2) is 0 Å². The first kappa shape index (κ1) is 16.6. The number of rotatable bonds is 3. The molecule has 0 spiro atoms. The van der Waals surface area contributed by atoms with Crippen LogP contribution in [0.2, 0.25) is 5.02 Å². The summed E-state index contributed by atoms with van der Waals surface area (Å²) in [6.07, 6.45) is 5.47. The zero-order chi connectivity index (χ0) is 14.1.